The summed E-state index contributed by atoms with van der Waals surface area (Å²) in [6.45, 7) is 0.748. The zero-order chi connectivity index (χ0) is 14.7. The van der Waals surface area contributed by atoms with Crippen LogP contribution in [0, 0.1) is 0 Å². The van der Waals surface area contributed by atoms with E-state index in [1.165, 1.54) is 0 Å². The summed E-state index contributed by atoms with van der Waals surface area (Å²) in [4.78, 5) is 12.1. The molecule has 1 aromatic carbocycles. The van der Waals surface area contributed by atoms with Gasteiger partial charge in [-0.1, -0.05) is 17.7 Å². The monoisotopic (exact) mass is 305 g/mol. The van der Waals surface area contributed by atoms with Crippen LogP contribution in [0.15, 0.2) is 36.5 Å². The molecule has 2 aromatic rings. The van der Waals surface area contributed by atoms with Gasteiger partial charge >= 0.3 is 0 Å². The third kappa shape index (κ3) is 3.43. The van der Waals surface area contributed by atoms with E-state index < -0.39 is 0 Å². The lowest BCUT2D eigenvalue weighted by Crippen LogP contribution is -2.20. The zero-order valence-corrected chi connectivity index (χ0v) is 12.2. The van der Waals surface area contributed by atoms with Crippen LogP contribution in [0.3, 0.4) is 0 Å². The van der Waals surface area contributed by atoms with Crippen molar-refractivity contribution in [2.45, 2.75) is 25.4 Å². The highest BCUT2D eigenvalue weighted by molar-refractivity contribution is 6.30. The minimum Gasteiger partial charge on any atom is -0.378 e. The molecule has 2 heterocycles. The number of ether oxygens (including phenoxy) is 1. The minimum absolute atomic E-state index is 0.0348. The number of hydrogen-bond acceptors (Lipinski definition) is 3. The molecule has 0 unspecified atom stereocenters. The van der Waals surface area contributed by atoms with Gasteiger partial charge in [-0.15, -0.1) is 0 Å². The Kier molecular flexibility index (Phi) is 4.22. The van der Waals surface area contributed by atoms with Gasteiger partial charge in [-0.25, -0.2) is 4.68 Å². The third-order valence-electron chi connectivity index (χ3n) is 3.40. The molecular formula is C15H16ClN3O2. The zero-order valence-electron chi connectivity index (χ0n) is 11.5. The van der Waals surface area contributed by atoms with Gasteiger partial charge in [0.1, 0.15) is 5.82 Å². The van der Waals surface area contributed by atoms with Gasteiger partial charge in [-0.2, -0.15) is 5.10 Å². The first kappa shape index (κ1) is 14.1. The summed E-state index contributed by atoms with van der Waals surface area (Å²) >= 11 is 5.99. The molecule has 1 N–H and O–H groups in total. The molecule has 21 heavy (non-hydrogen) atoms. The molecular weight excluding hydrogens is 290 g/mol. The van der Waals surface area contributed by atoms with E-state index in [1.807, 2.05) is 12.1 Å². The number of carbonyl (C=O) groups excluding carboxylic acids is 1. The summed E-state index contributed by atoms with van der Waals surface area (Å²) in [6, 6.07) is 9.08. The summed E-state index contributed by atoms with van der Waals surface area (Å²) in [5.41, 5.74) is 0.805. The lowest BCUT2D eigenvalue weighted by Gasteiger charge is -2.11. The standard InChI is InChI=1S/C15H16ClN3O2/c16-11-3-1-4-12(9-11)19-14(6-7-17-19)18-15(20)10-13-5-2-8-21-13/h1,3-4,6-7,9,13H,2,5,8,10H2,(H,18,20)/t13-/m1/s1. The molecule has 0 bridgehead atoms. The molecule has 1 aliphatic rings. The van der Waals surface area contributed by atoms with Gasteiger partial charge < -0.3 is 10.1 Å². The summed E-state index contributed by atoms with van der Waals surface area (Å²) < 4.78 is 7.12. The molecule has 1 fully saturated rings. The summed E-state index contributed by atoms with van der Waals surface area (Å²) in [7, 11) is 0. The van der Waals surface area contributed by atoms with E-state index in [0.29, 0.717) is 17.3 Å². The fraction of sp³-hybridized carbons (Fsp3) is 0.333. The average Bonchev–Trinajstić information content (AvgIpc) is 3.10. The Morgan fingerprint density at radius 1 is 1.48 bits per heavy atom. The van der Waals surface area contributed by atoms with Gasteiger partial charge in [0.15, 0.2) is 0 Å². The van der Waals surface area contributed by atoms with Gasteiger partial charge in [0.25, 0.3) is 0 Å². The highest BCUT2D eigenvalue weighted by Gasteiger charge is 2.19. The lowest BCUT2D eigenvalue weighted by atomic mass is 10.2. The maximum Gasteiger partial charge on any atom is 0.228 e. The molecule has 5 nitrogen and oxygen atoms in total. The van der Waals surface area contributed by atoms with Crippen LogP contribution >= 0.6 is 11.6 Å². The number of aromatic nitrogens is 2. The normalized spacial score (nSPS) is 17.9. The van der Waals surface area contributed by atoms with Crippen molar-refractivity contribution in [1.82, 2.24) is 9.78 Å². The highest BCUT2D eigenvalue weighted by Crippen LogP contribution is 2.20. The molecule has 110 valence electrons. The van der Waals surface area contributed by atoms with Crippen LogP contribution in [0.2, 0.25) is 5.02 Å². The lowest BCUT2D eigenvalue weighted by molar-refractivity contribution is -0.118. The van der Waals surface area contributed by atoms with E-state index in [-0.39, 0.29) is 12.0 Å². The van der Waals surface area contributed by atoms with Crippen LogP contribution in [0.5, 0.6) is 0 Å². The van der Waals surface area contributed by atoms with Gasteiger partial charge in [0.05, 0.1) is 24.4 Å². The van der Waals surface area contributed by atoms with Crippen LogP contribution in [-0.2, 0) is 9.53 Å². The number of benzene rings is 1. The molecule has 1 aliphatic heterocycles. The van der Waals surface area contributed by atoms with Crippen molar-refractivity contribution in [3.05, 3.63) is 41.6 Å². The number of amides is 1. The summed E-state index contributed by atoms with van der Waals surface area (Å²) in [5, 5.41) is 7.72. The molecule has 0 aliphatic carbocycles. The predicted octanol–water partition coefficient (Wildman–Crippen LogP) is 3.03. The van der Waals surface area contributed by atoms with Crippen molar-refractivity contribution in [3.63, 3.8) is 0 Å². The van der Waals surface area contributed by atoms with E-state index in [4.69, 9.17) is 16.3 Å². The first-order chi connectivity index (χ1) is 10.2. The largest absolute Gasteiger partial charge is 0.378 e. The van der Waals surface area contributed by atoms with E-state index in [0.717, 1.165) is 25.1 Å². The van der Waals surface area contributed by atoms with Gasteiger partial charge in [-0.3, -0.25) is 4.79 Å². The molecule has 0 radical (unpaired) electrons. The Morgan fingerprint density at radius 2 is 2.38 bits per heavy atom. The van der Waals surface area contributed by atoms with E-state index in [1.54, 1.807) is 29.1 Å². The van der Waals surface area contributed by atoms with Crippen molar-refractivity contribution >= 4 is 23.3 Å². The Morgan fingerprint density at radius 3 is 3.14 bits per heavy atom. The summed E-state index contributed by atoms with van der Waals surface area (Å²) in [5.74, 6) is 0.561. The van der Waals surface area contributed by atoms with Crippen molar-refractivity contribution in [2.75, 3.05) is 11.9 Å². The molecule has 6 heteroatoms. The van der Waals surface area contributed by atoms with Crippen molar-refractivity contribution < 1.29 is 9.53 Å². The van der Waals surface area contributed by atoms with Gasteiger partial charge in [-0.05, 0) is 31.0 Å². The van der Waals surface area contributed by atoms with E-state index >= 15 is 0 Å². The fourth-order valence-electron chi connectivity index (χ4n) is 2.42. The van der Waals surface area contributed by atoms with Gasteiger partial charge in [0.2, 0.25) is 5.91 Å². The molecule has 0 spiro atoms. The van der Waals surface area contributed by atoms with Crippen LogP contribution in [0.25, 0.3) is 5.69 Å². The molecule has 3 rings (SSSR count). The number of anilines is 1. The Bertz CT molecular complexity index is 635. The number of halogens is 1. The predicted molar refractivity (Wildman–Crippen MR) is 80.8 cm³/mol. The second-order valence-corrected chi connectivity index (χ2v) is 5.43. The van der Waals surface area contributed by atoms with Crippen LogP contribution in [0.4, 0.5) is 5.82 Å². The Balaban J connectivity index is 1.71. The number of nitrogens with zero attached hydrogens (tertiary/aromatic N) is 2. The van der Waals surface area contributed by atoms with Crippen LogP contribution < -0.4 is 5.32 Å². The maximum atomic E-state index is 12.1. The van der Waals surface area contributed by atoms with Crippen molar-refractivity contribution in [1.29, 1.82) is 0 Å². The number of carbonyl (C=O) groups is 1. The second-order valence-electron chi connectivity index (χ2n) is 5.00. The smallest absolute Gasteiger partial charge is 0.228 e. The minimum atomic E-state index is -0.0642. The Labute approximate surface area is 127 Å². The Hall–Kier alpha value is -1.85. The highest BCUT2D eigenvalue weighted by atomic mass is 35.5. The molecule has 1 saturated heterocycles. The first-order valence-electron chi connectivity index (χ1n) is 6.94. The van der Waals surface area contributed by atoms with Crippen LogP contribution in [-0.4, -0.2) is 28.4 Å². The second kappa shape index (κ2) is 6.28. The maximum absolute atomic E-state index is 12.1. The third-order valence-corrected chi connectivity index (χ3v) is 3.64. The fourth-order valence-corrected chi connectivity index (χ4v) is 2.60. The molecule has 1 aromatic heterocycles. The first-order valence-corrected chi connectivity index (χ1v) is 7.31. The number of nitrogens with one attached hydrogen (secondary N) is 1. The molecule has 0 saturated carbocycles. The van der Waals surface area contributed by atoms with E-state index in [2.05, 4.69) is 10.4 Å². The number of rotatable bonds is 4. The topological polar surface area (TPSA) is 56.1 Å². The van der Waals surface area contributed by atoms with Crippen molar-refractivity contribution in [2.24, 2.45) is 0 Å². The van der Waals surface area contributed by atoms with Crippen molar-refractivity contribution in [3.8, 4) is 5.69 Å². The summed E-state index contributed by atoms with van der Waals surface area (Å²) in [6.07, 6.45) is 4.02. The SMILES string of the molecule is O=C(C[C@H]1CCCO1)Nc1ccnn1-c1cccc(Cl)c1. The van der Waals surface area contributed by atoms with E-state index in [9.17, 15) is 4.79 Å². The molecule has 1 atom stereocenters. The average molecular weight is 306 g/mol. The quantitative estimate of drug-likeness (QED) is 0.944. The van der Waals surface area contributed by atoms with Crippen LogP contribution in [0.1, 0.15) is 19.3 Å². The molecule has 1 amide bonds. The number of hydrogen-bond donors (Lipinski definition) is 1. The van der Waals surface area contributed by atoms with Gasteiger partial charge in [0, 0.05) is 17.7 Å².